The molecule has 2 rings (SSSR count). The van der Waals surface area contributed by atoms with Crippen molar-refractivity contribution >= 4 is 46.5 Å². The molecule has 212 valence electrons. The van der Waals surface area contributed by atoms with Gasteiger partial charge in [0.15, 0.2) is 5.96 Å². The molecule has 2 aromatic rings. The van der Waals surface area contributed by atoms with Crippen molar-refractivity contribution in [2.24, 2.45) is 27.9 Å². The average Bonchev–Trinajstić information content (AvgIpc) is 3.27. The van der Waals surface area contributed by atoms with Crippen molar-refractivity contribution in [2.75, 3.05) is 6.54 Å². The number of fused-ring (bicyclic) bond motifs is 1. The molecular weight excluding hydrogens is 510 g/mol. The highest BCUT2D eigenvalue weighted by atomic mass is 16.4. The molecule has 0 bridgehead atoms. The zero-order valence-electron chi connectivity index (χ0n) is 21.5. The third kappa shape index (κ3) is 9.62. The van der Waals surface area contributed by atoms with Gasteiger partial charge < -0.3 is 49.0 Å². The fraction of sp³-hybridized carbons (Fsp3) is 0.417. The summed E-state index contributed by atoms with van der Waals surface area (Å²) in [5, 5.41) is 17.6. The molecule has 0 aliphatic carbocycles. The van der Waals surface area contributed by atoms with Crippen LogP contribution in [0, 0.1) is 0 Å². The first kappa shape index (κ1) is 30.6. The molecule has 0 spiro atoms. The van der Waals surface area contributed by atoms with E-state index in [0.29, 0.717) is 0 Å². The summed E-state index contributed by atoms with van der Waals surface area (Å²) in [5.74, 6) is -4.74. The highest BCUT2D eigenvalue weighted by Gasteiger charge is 2.31. The van der Waals surface area contributed by atoms with Crippen molar-refractivity contribution in [3.8, 4) is 0 Å². The minimum Gasteiger partial charge on any atom is -0.480 e. The van der Waals surface area contributed by atoms with Crippen LogP contribution in [0.2, 0.25) is 0 Å². The van der Waals surface area contributed by atoms with E-state index in [2.05, 4.69) is 25.9 Å². The predicted molar refractivity (Wildman–Crippen MR) is 143 cm³/mol. The van der Waals surface area contributed by atoms with Crippen LogP contribution >= 0.6 is 0 Å². The zero-order valence-corrected chi connectivity index (χ0v) is 21.5. The first-order valence-corrected chi connectivity index (χ1v) is 12.2. The van der Waals surface area contributed by atoms with Gasteiger partial charge in [-0.1, -0.05) is 18.2 Å². The third-order valence-electron chi connectivity index (χ3n) is 5.74. The SMILES string of the molecule is CC(N)C(=O)NC(Cc1c[nH]c2ccccc12)C(=O)NC(CCCN=C(N)N)C(=O)NC(CC(N)=O)C(=O)O. The summed E-state index contributed by atoms with van der Waals surface area (Å²) in [4.78, 5) is 68.5. The van der Waals surface area contributed by atoms with Gasteiger partial charge >= 0.3 is 5.97 Å². The van der Waals surface area contributed by atoms with Crippen molar-refractivity contribution < 1.29 is 29.1 Å². The van der Waals surface area contributed by atoms with E-state index in [0.717, 1.165) is 16.5 Å². The fourth-order valence-electron chi connectivity index (χ4n) is 3.75. The Morgan fingerprint density at radius 3 is 2.18 bits per heavy atom. The largest absolute Gasteiger partial charge is 0.480 e. The predicted octanol–water partition coefficient (Wildman–Crippen LogP) is -2.47. The minimum atomic E-state index is -1.60. The molecule has 15 heteroatoms. The molecule has 1 aromatic heterocycles. The Morgan fingerprint density at radius 1 is 0.949 bits per heavy atom. The number of nitrogens with two attached hydrogens (primary N) is 4. The summed E-state index contributed by atoms with van der Waals surface area (Å²) in [5.41, 5.74) is 23.0. The summed E-state index contributed by atoms with van der Waals surface area (Å²) in [6.07, 6.45) is 1.38. The number of guanidine groups is 1. The Morgan fingerprint density at radius 2 is 1.56 bits per heavy atom. The Bertz CT molecular complexity index is 1220. The molecule has 1 aromatic carbocycles. The summed E-state index contributed by atoms with van der Waals surface area (Å²) >= 11 is 0. The van der Waals surface area contributed by atoms with Gasteiger partial charge in [-0.25, -0.2) is 4.79 Å². The molecule has 0 saturated heterocycles. The van der Waals surface area contributed by atoms with Gasteiger partial charge in [0.05, 0.1) is 12.5 Å². The number of amides is 4. The normalized spacial score (nSPS) is 13.9. The van der Waals surface area contributed by atoms with Crippen LogP contribution in [0.3, 0.4) is 0 Å². The van der Waals surface area contributed by atoms with Crippen molar-refractivity contribution in [3.63, 3.8) is 0 Å². The quantitative estimate of drug-likeness (QED) is 0.0650. The molecule has 1 heterocycles. The van der Waals surface area contributed by atoms with Crippen LogP contribution in [0.25, 0.3) is 10.9 Å². The van der Waals surface area contributed by atoms with Gasteiger partial charge in [0.1, 0.15) is 18.1 Å². The molecule has 0 fully saturated rings. The van der Waals surface area contributed by atoms with E-state index in [1.165, 1.54) is 6.92 Å². The van der Waals surface area contributed by atoms with Crippen LogP contribution in [0.5, 0.6) is 0 Å². The molecule has 0 radical (unpaired) electrons. The maximum Gasteiger partial charge on any atom is 0.326 e. The summed E-state index contributed by atoms with van der Waals surface area (Å²) in [6.45, 7) is 1.59. The van der Waals surface area contributed by atoms with Crippen LogP contribution < -0.4 is 38.9 Å². The summed E-state index contributed by atoms with van der Waals surface area (Å²) in [7, 11) is 0. The van der Waals surface area contributed by atoms with Crippen LogP contribution in [-0.2, 0) is 30.4 Å². The van der Waals surface area contributed by atoms with Crippen LogP contribution in [0.1, 0.15) is 31.7 Å². The molecular formula is C24H35N9O6. The topological polar surface area (TPSA) is 274 Å². The Labute approximate surface area is 224 Å². The number of para-hydroxylation sites is 1. The van der Waals surface area contributed by atoms with Crippen molar-refractivity contribution in [1.29, 1.82) is 0 Å². The second kappa shape index (κ2) is 14.3. The lowest BCUT2D eigenvalue weighted by Crippen LogP contribution is -2.57. The number of carboxylic acid groups (broad SMARTS) is 1. The number of carbonyl (C=O) groups excluding carboxylic acids is 4. The van der Waals surface area contributed by atoms with E-state index in [1.54, 1.807) is 6.20 Å². The van der Waals surface area contributed by atoms with E-state index >= 15 is 0 Å². The molecule has 0 saturated carbocycles. The number of aliphatic imine (C=N–C) groups is 1. The highest BCUT2D eigenvalue weighted by molar-refractivity contribution is 5.95. The number of aliphatic carboxylic acids is 1. The van der Waals surface area contributed by atoms with Gasteiger partial charge in [-0.3, -0.25) is 24.2 Å². The smallest absolute Gasteiger partial charge is 0.326 e. The molecule has 15 nitrogen and oxygen atoms in total. The number of carboxylic acids is 1. The molecule has 4 amide bonds. The number of carbonyl (C=O) groups is 5. The van der Waals surface area contributed by atoms with E-state index in [-0.39, 0.29) is 31.8 Å². The van der Waals surface area contributed by atoms with E-state index < -0.39 is 60.2 Å². The number of aromatic nitrogens is 1. The Hall–Kier alpha value is -4.66. The number of primary amides is 1. The van der Waals surface area contributed by atoms with Crippen LogP contribution in [-0.4, -0.2) is 76.4 Å². The first-order chi connectivity index (χ1) is 18.4. The second-order valence-electron chi connectivity index (χ2n) is 8.99. The lowest BCUT2D eigenvalue weighted by Gasteiger charge is -2.25. The maximum atomic E-state index is 13.4. The van der Waals surface area contributed by atoms with E-state index in [4.69, 9.17) is 22.9 Å². The number of hydrogen-bond acceptors (Lipinski definition) is 7. The number of H-pyrrole nitrogens is 1. The first-order valence-electron chi connectivity index (χ1n) is 12.2. The maximum absolute atomic E-state index is 13.4. The van der Waals surface area contributed by atoms with Crippen LogP contribution in [0.15, 0.2) is 35.5 Å². The number of nitrogens with one attached hydrogen (secondary N) is 4. The standard InChI is InChI=1S/C24H35N9O6/c1-12(25)20(35)32-17(9-13-11-30-15-6-3-2-5-14(13)15)22(37)31-16(7-4-8-29-24(27)28)21(36)33-18(23(38)39)10-19(26)34/h2-3,5-6,11-12,16-18,30H,4,7-10,25H2,1H3,(H2,26,34)(H,31,37)(H,32,35)(H,33,36)(H,38,39)(H4,27,28,29). The van der Waals surface area contributed by atoms with E-state index in [1.807, 2.05) is 24.3 Å². The summed E-state index contributed by atoms with van der Waals surface area (Å²) < 4.78 is 0. The van der Waals surface area contributed by atoms with Gasteiger partial charge in [-0.2, -0.15) is 0 Å². The Kier molecular flexibility index (Phi) is 11.2. The number of benzene rings is 1. The van der Waals surface area contributed by atoms with Crippen molar-refractivity contribution in [1.82, 2.24) is 20.9 Å². The monoisotopic (exact) mass is 545 g/mol. The van der Waals surface area contributed by atoms with Crippen LogP contribution in [0.4, 0.5) is 0 Å². The van der Waals surface area contributed by atoms with Crippen molar-refractivity contribution in [2.45, 2.75) is 56.8 Å². The number of nitrogens with zero attached hydrogens (tertiary/aromatic N) is 1. The molecule has 0 aliphatic heterocycles. The Balaban J connectivity index is 2.29. The van der Waals surface area contributed by atoms with Gasteiger partial charge in [0, 0.05) is 30.1 Å². The molecule has 0 aliphatic rings. The van der Waals surface area contributed by atoms with Gasteiger partial charge in [-0.05, 0) is 31.4 Å². The lowest BCUT2D eigenvalue weighted by atomic mass is 10.0. The zero-order chi connectivity index (χ0) is 29.1. The van der Waals surface area contributed by atoms with Gasteiger partial charge in [-0.15, -0.1) is 0 Å². The number of rotatable bonds is 15. The molecule has 39 heavy (non-hydrogen) atoms. The third-order valence-corrected chi connectivity index (χ3v) is 5.74. The summed E-state index contributed by atoms with van der Waals surface area (Å²) in [6, 6.07) is 2.50. The van der Waals surface area contributed by atoms with Gasteiger partial charge in [0.2, 0.25) is 23.6 Å². The highest BCUT2D eigenvalue weighted by Crippen LogP contribution is 2.19. The number of aromatic amines is 1. The fourth-order valence-corrected chi connectivity index (χ4v) is 3.75. The van der Waals surface area contributed by atoms with Gasteiger partial charge in [0.25, 0.3) is 0 Å². The molecule has 4 unspecified atom stereocenters. The van der Waals surface area contributed by atoms with E-state index in [9.17, 15) is 29.1 Å². The number of hydrogen-bond donors (Lipinski definition) is 9. The lowest BCUT2D eigenvalue weighted by molar-refractivity contribution is -0.143. The molecule has 13 N–H and O–H groups in total. The van der Waals surface area contributed by atoms with Crippen molar-refractivity contribution in [3.05, 3.63) is 36.0 Å². The average molecular weight is 546 g/mol. The molecule has 4 atom stereocenters. The second-order valence-corrected chi connectivity index (χ2v) is 8.99. The minimum absolute atomic E-state index is 0.0122.